The molecule has 324 valence electrons. The number of carbonyl (C=O) groups is 1. The molecule has 2 atom stereocenters. The Bertz CT molecular complexity index is 3130. The number of hydrogen-bond donors (Lipinski definition) is 1. The van der Waals surface area contributed by atoms with Gasteiger partial charge >= 0.3 is 11.4 Å². The second-order valence-electron chi connectivity index (χ2n) is 17.5. The third-order valence-corrected chi connectivity index (χ3v) is 13.1. The summed E-state index contributed by atoms with van der Waals surface area (Å²) in [6.07, 6.45) is 11.3. The van der Waals surface area contributed by atoms with Crippen molar-refractivity contribution in [2.24, 2.45) is 13.0 Å². The van der Waals surface area contributed by atoms with Gasteiger partial charge in [0.05, 0.1) is 46.7 Å². The number of nitrogens with one attached hydrogen (secondary N) is 1. The van der Waals surface area contributed by atoms with Crippen molar-refractivity contribution in [2.75, 3.05) is 13.2 Å². The largest absolute Gasteiger partial charge is 0.438 e. The van der Waals surface area contributed by atoms with E-state index in [2.05, 4.69) is 35.7 Å². The Labute approximate surface area is 359 Å². The van der Waals surface area contributed by atoms with Gasteiger partial charge in [0.1, 0.15) is 28.4 Å². The number of hydrogen-bond acceptors (Lipinski definition) is 8. The number of fused-ring (bicyclic) bond motifs is 2. The number of allylic oxidation sites excluding steroid dienone is 2. The lowest BCUT2D eigenvalue weighted by Gasteiger charge is -2.36. The molecule has 1 saturated heterocycles. The fraction of sp³-hybridized carbons (Fsp3) is 0.348. The smallest absolute Gasteiger partial charge is 0.376 e. The van der Waals surface area contributed by atoms with Crippen LogP contribution in [0.5, 0.6) is 0 Å². The Hall–Kier alpha value is -6.88. The van der Waals surface area contributed by atoms with Gasteiger partial charge in [0, 0.05) is 43.9 Å². The molecule has 0 spiro atoms. The summed E-state index contributed by atoms with van der Waals surface area (Å²) in [6, 6.07) is 10.3. The molecule has 5 aromatic heterocycles. The van der Waals surface area contributed by atoms with Gasteiger partial charge in [-0.25, -0.2) is 18.4 Å². The predicted molar refractivity (Wildman–Crippen MR) is 230 cm³/mol. The van der Waals surface area contributed by atoms with Crippen LogP contribution in [0.15, 0.2) is 93.4 Å². The number of halogens is 2. The van der Waals surface area contributed by atoms with E-state index in [9.17, 15) is 14.0 Å². The minimum absolute atomic E-state index is 0.0390. The van der Waals surface area contributed by atoms with Crippen molar-refractivity contribution < 1.29 is 22.8 Å². The lowest BCUT2D eigenvalue weighted by atomic mass is 9.83. The summed E-state index contributed by atoms with van der Waals surface area (Å²) in [5, 5.41) is 13.5. The average Bonchev–Trinajstić information content (AvgIpc) is 3.67. The third kappa shape index (κ3) is 6.55. The molecule has 10 rings (SSSR count). The minimum Gasteiger partial charge on any atom is -0.376 e. The Balaban J connectivity index is 1.07. The summed E-state index contributed by atoms with van der Waals surface area (Å²) in [5.41, 5.74) is 3.74. The molecule has 63 heavy (non-hydrogen) atoms. The van der Waals surface area contributed by atoms with Gasteiger partial charge in [-0.15, -0.1) is 0 Å². The number of ether oxygens (including phenoxy) is 1. The Morgan fingerprint density at radius 2 is 1.81 bits per heavy atom. The zero-order valence-electron chi connectivity index (χ0n) is 35.6. The standard InChI is InChI=1S/C46H46F2N10O5/c1-26(30-15-22-62-45(4,5)24-30)7-12-33-27(2)23-36(58(33)46(16-17-46)42-50-43(60)63-52-42)41(59)54-20-21-57-39(28(54)3)40(38(51-57)29-8-10-31(47)11-9-29)56-19-18-55(44(56)61)35-14-13-34-32(37(35)48)25-49-53(34)6/h7-14,18-19,23,25,28,30H,1,15-17,20-22,24H2,2-6H3,(H,50,52,60)/b12-7-/t28-,30-/m1/s1. The number of rotatable bonds is 9. The van der Waals surface area contributed by atoms with Crippen molar-refractivity contribution in [1.82, 2.24) is 48.3 Å². The van der Waals surface area contributed by atoms with Crippen LogP contribution in [-0.4, -0.2) is 73.0 Å². The van der Waals surface area contributed by atoms with Crippen LogP contribution in [0.2, 0.25) is 0 Å². The van der Waals surface area contributed by atoms with Crippen molar-refractivity contribution in [1.29, 1.82) is 0 Å². The van der Waals surface area contributed by atoms with Gasteiger partial charge in [-0.1, -0.05) is 23.4 Å². The summed E-state index contributed by atoms with van der Waals surface area (Å²) < 4.78 is 49.2. The highest BCUT2D eigenvalue weighted by atomic mass is 19.1. The molecular weight excluding hydrogens is 811 g/mol. The third-order valence-electron chi connectivity index (χ3n) is 13.1. The molecule has 7 heterocycles. The number of benzene rings is 2. The van der Waals surface area contributed by atoms with Crippen molar-refractivity contribution in [3.05, 3.63) is 140 Å². The number of H-pyrrole nitrogens is 1. The number of nitrogens with zero attached hydrogens (tertiary/aromatic N) is 9. The molecule has 17 heteroatoms. The quantitative estimate of drug-likeness (QED) is 0.153. The maximum Gasteiger partial charge on any atom is 0.438 e. The van der Waals surface area contributed by atoms with Crippen LogP contribution in [0.25, 0.3) is 39.6 Å². The summed E-state index contributed by atoms with van der Waals surface area (Å²) in [6.45, 7) is 13.6. The molecule has 2 aliphatic heterocycles. The fourth-order valence-corrected chi connectivity index (χ4v) is 9.62. The van der Waals surface area contributed by atoms with Crippen LogP contribution in [0.4, 0.5) is 8.78 Å². The molecule has 1 amide bonds. The predicted octanol–water partition coefficient (Wildman–Crippen LogP) is 6.97. The van der Waals surface area contributed by atoms with E-state index in [1.807, 2.05) is 36.6 Å². The van der Waals surface area contributed by atoms with E-state index in [1.165, 1.54) is 39.7 Å². The van der Waals surface area contributed by atoms with Gasteiger partial charge in [0.25, 0.3) is 5.91 Å². The molecule has 15 nitrogen and oxygen atoms in total. The highest BCUT2D eigenvalue weighted by molar-refractivity contribution is 5.95. The molecule has 1 saturated carbocycles. The maximum absolute atomic E-state index is 16.0. The van der Waals surface area contributed by atoms with Crippen molar-refractivity contribution in [3.8, 4) is 22.6 Å². The van der Waals surface area contributed by atoms with Crippen LogP contribution < -0.4 is 11.4 Å². The van der Waals surface area contributed by atoms with Crippen LogP contribution in [0.3, 0.4) is 0 Å². The number of aryl methyl sites for hydroxylation is 2. The number of imidazole rings is 1. The van der Waals surface area contributed by atoms with Gasteiger partial charge in [-0.2, -0.15) is 10.2 Å². The second-order valence-corrected chi connectivity index (χ2v) is 17.5. The van der Waals surface area contributed by atoms with E-state index in [0.717, 1.165) is 29.7 Å². The number of aromatic nitrogens is 9. The molecule has 1 N–H and O–H groups in total. The monoisotopic (exact) mass is 856 g/mol. The summed E-state index contributed by atoms with van der Waals surface area (Å²) >= 11 is 0. The van der Waals surface area contributed by atoms with Gasteiger partial charge in [0.15, 0.2) is 11.6 Å². The van der Waals surface area contributed by atoms with E-state index >= 15 is 9.18 Å². The molecule has 0 radical (unpaired) electrons. The minimum atomic E-state index is -0.848. The molecule has 3 aliphatic rings. The first-order chi connectivity index (χ1) is 30.2. The Morgan fingerprint density at radius 1 is 1.05 bits per heavy atom. The molecule has 2 aromatic carbocycles. The first-order valence-electron chi connectivity index (χ1n) is 21.0. The van der Waals surface area contributed by atoms with E-state index < -0.39 is 34.7 Å². The Morgan fingerprint density at radius 3 is 2.52 bits per heavy atom. The number of amides is 1. The molecule has 7 aromatic rings. The first-order valence-corrected chi connectivity index (χ1v) is 21.0. The lowest BCUT2D eigenvalue weighted by molar-refractivity contribution is -0.0656. The molecule has 1 aliphatic carbocycles. The van der Waals surface area contributed by atoms with E-state index in [-0.39, 0.29) is 41.6 Å². The summed E-state index contributed by atoms with van der Waals surface area (Å²) in [4.78, 5) is 46.6. The van der Waals surface area contributed by atoms with E-state index in [4.69, 9.17) is 14.4 Å². The topological polar surface area (TPSA) is 156 Å². The van der Waals surface area contributed by atoms with E-state index in [1.54, 1.807) is 45.7 Å². The number of aromatic amines is 1. The lowest BCUT2D eigenvalue weighted by Crippen LogP contribution is -2.43. The zero-order valence-corrected chi connectivity index (χ0v) is 35.6. The van der Waals surface area contributed by atoms with Crippen molar-refractivity contribution in [3.63, 3.8) is 0 Å². The normalized spacial score (nSPS) is 19.3. The molecule has 2 fully saturated rings. The van der Waals surface area contributed by atoms with Gasteiger partial charge in [-0.05, 0) is 113 Å². The van der Waals surface area contributed by atoms with Crippen molar-refractivity contribution in [2.45, 2.75) is 77.1 Å². The van der Waals surface area contributed by atoms with E-state index in [0.29, 0.717) is 59.1 Å². The number of carbonyl (C=O) groups excluding carboxylic acids is 1. The Kier molecular flexibility index (Phi) is 9.32. The molecule has 0 bridgehead atoms. The molecule has 0 unspecified atom stereocenters. The van der Waals surface area contributed by atoms with Gasteiger partial charge < -0.3 is 14.2 Å². The highest BCUT2D eigenvalue weighted by Gasteiger charge is 2.53. The van der Waals surface area contributed by atoms with Crippen LogP contribution in [0.1, 0.15) is 85.8 Å². The highest BCUT2D eigenvalue weighted by Crippen LogP contribution is 2.51. The molecular formula is C46H46F2N10O5. The summed E-state index contributed by atoms with van der Waals surface area (Å²) in [7, 11) is 1.71. The maximum atomic E-state index is 16.0. The van der Waals surface area contributed by atoms with Gasteiger partial charge in [-0.3, -0.25) is 32.8 Å². The summed E-state index contributed by atoms with van der Waals surface area (Å²) in [5.74, 6) is -1.47. The van der Waals surface area contributed by atoms with Crippen LogP contribution >= 0.6 is 0 Å². The first kappa shape index (κ1) is 40.2. The second kappa shape index (κ2) is 14.6. The zero-order chi connectivity index (χ0) is 44.1. The van der Waals surface area contributed by atoms with Crippen LogP contribution in [-0.2, 0) is 23.9 Å². The average molecular weight is 857 g/mol. The van der Waals surface area contributed by atoms with Gasteiger partial charge in [0.2, 0.25) is 0 Å². The fourth-order valence-electron chi connectivity index (χ4n) is 9.62. The van der Waals surface area contributed by atoms with Crippen LogP contribution in [0, 0.1) is 24.5 Å². The van der Waals surface area contributed by atoms with Crippen molar-refractivity contribution >= 4 is 22.9 Å². The SMILES string of the molecule is C=C(/C=C\c1c(C)cc(C(=O)N2CCn3nc(-c4ccc(F)cc4)c(-n4ccn(-c5ccc6c(cnn6C)c5F)c4=O)c3[C@H]2C)n1C1(c2noc(=O)[nH]2)CC1)[C@@H]1CCOC(C)(C)C1.